The molecule has 0 aromatic heterocycles. The molecule has 6 nitrogen and oxygen atoms in total. The van der Waals surface area contributed by atoms with E-state index in [1.54, 1.807) is 11.9 Å². The van der Waals surface area contributed by atoms with Crippen LogP contribution in [0.4, 0.5) is 16.2 Å². The van der Waals surface area contributed by atoms with Gasteiger partial charge in [-0.1, -0.05) is 6.08 Å². The molecule has 1 heterocycles. The lowest BCUT2D eigenvalue weighted by Gasteiger charge is -2.26. The first-order valence-corrected chi connectivity index (χ1v) is 7.64. The van der Waals surface area contributed by atoms with Crippen LogP contribution in [0.15, 0.2) is 24.3 Å². The molecule has 0 fully saturated rings. The molecule has 0 saturated heterocycles. The zero-order valence-electron chi connectivity index (χ0n) is 13.2. The van der Waals surface area contributed by atoms with Crippen LogP contribution in [-0.4, -0.2) is 38.8 Å². The van der Waals surface area contributed by atoms with Crippen molar-refractivity contribution in [2.24, 2.45) is 11.5 Å². The minimum atomic E-state index is -0.147. The molecule has 22 heavy (non-hydrogen) atoms. The molecule has 2 rings (SSSR count). The van der Waals surface area contributed by atoms with Crippen molar-refractivity contribution >= 4 is 23.0 Å². The van der Waals surface area contributed by atoms with Crippen molar-refractivity contribution in [1.29, 1.82) is 0 Å². The zero-order valence-corrected chi connectivity index (χ0v) is 13.2. The molecule has 2 amide bonds. The summed E-state index contributed by atoms with van der Waals surface area (Å²) < 4.78 is 0. The van der Waals surface area contributed by atoms with Gasteiger partial charge in [-0.15, -0.1) is 0 Å². The third kappa shape index (κ3) is 3.40. The number of amides is 2. The summed E-state index contributed by atoms with van der Waals surface area (Å²) in [5.74, 6) is 0. The third-order valence-corrected chi connectivity index (χ3v) is 3.83. The van der Waals surface area contributed by atoms with Gasteiger partial charge >= 0.3 is 6.03 Å². The maximum Gasteiger partial charge on any atom is 0.321 e. The molecule has 1 aliphatic heterocycles. The fraction of sp³-hybridized carbons (Fsp3) is 0.438. The summed E-state index contributed by atoms with van der Waals surface area (Å²) >= 11 is 0. The highest BCUT2D eigenvalue weighted by atomic mass is 16.2. The number of fused-ring (bicyclic) bond motifs is 1. The number of nitrogens with one attached hydrogen (secondary N) is 2. The van der Waals surface area contributed by atoms with Crippen molar-refractivity contribution in [3.05, 3.63) is 29.8 Å². The Morgan fingerprint density at radius 2 is 2.32 bits per heavy atom. The minimum absolute atomic E-state index is 0.115. The summed E-state index contributed by atoms with van der Waals surface area (Å²) in [5, 5.41) is 6.05. The first-order valence-electron chi connectivity index (χ1n) is 7.64. The lowest BCUT2D eigenvalue weighted by atomic mass is 9.94. The summed E-state index contributed by atoms with van der Waals surface area (Å²) in [5.41, 5.74) is 15.8. The highest BCUT2D eigenvalue weighted by Crippen LogP contribution is 2.34. The SMILES string of the molecule is CCN(C(=O)NC)c1ccc2c(c1)/C(=C/C(N)CN)CCN2. The van der Waals surface area contributed by atoms with E-state index in [-0.39, 0.29) is 12.1 Å². The molecule has 1 aliphatic rings. The van der Waals surface area contributed by atoms with Crippen LogP contribution in [0.5, 0.6) is 0 Å². The van der Waals surface area contributed by atoms with Crippen molar-refractivity contribution in [2.75, 3.05) is 36.9 Å². The number of benzene rings is 1. The Bertz CT molecular complexity index is 570. The Balaban J connectivity index is 2.41. The van der Waals surface area contributed by atoms with Gasteiger partial charge in [-0.3, -0.25) is 4.90 Å². The molecular formula is C16H25N5O. The van der Waals surface area contributed by atoms with Crippen LogP contribution in [0, 0.1) is 0 Å². The Morgan fingerprint density at radius 1 is 1.55 bits per heavy atom. The summed E-state index contributed by atoms with van der Waals surface area (Å²) in [6.07, 6.45) is 2.93. The van der Waals surface area contributed by atoms with E-state index in [0.717, 1.165) is 29.9 Å². The highest BCUT2D eigenvalue weighted by molar-refractivity contribution is 5.93. The van der Waals surface area contributed by atoms with Gasteiger partial charge in [0.2, 0.25) is 0 Å². The Hall–Kier alpha value is -2.05. The summed E-state index contributed by atoms with van der Waals surface area (Å²) in [6, 6.07) is 5.74. The summed E-state index contributed by atoms with van der Waals surface area (Å²) in [6.45, 7) is 3.86. The van der Waals surface area contributed by atoms with Crippen LogP contribution in [0.25, 0.3) is 5.57 Å². The molecule has 1 aromatic rings. The number of anilines is 2. The third-order valence-electron chi connectivity index (χ3n) is 3.83. The molecule has 1 atom stereocenters. The minimum Gasteiger partial charge on any atom is -0.384 e. The van der Waals surface area contributed by atoms with Crippen molar-refractivity contribution < 1.29 is 4.79 Å². The van der Waals surface area contributed by atoms with Crippen molar-refractivity contribution in [3.63, 3.8) is 0 Å². The maximum atomic E-state index is 12.0. The number of nitrogens with two attached hydrogens (primary N) is 2. The molecule has 0 radical (unpaired) electrons. The van der Waals surface area contributed by atoms with E-state index in [1.165, 1.54) is 5.57 Å². The topological polar surface area (TPSA) is 96.4 Å². The quantitative estimate of drug-likeness (QED) is 0.675. The molecule has 6 N–H and O–H groups in total. The number of carbonyl (C=O) groups excluding carboxylic acids is 1. The molecule has 0 spiro atoms. The van der Waals surface area contributed by atoms with Gasteiger partial charge in [-0.2, -0.15) is 0 Å². The Morgan fingerprint density at radius 3 is 2.95 bits per heavy atom. The normalized spacial score (nSPS) is 16.6. The van der Waals surface area contributed by atoms with E-state index in [4.69, 9.17) is 11.5 Å². The molecule has 0 saturated carbocycles. The number of urea groups is 1. The molecule has 1 unspecified atom stereocenters. The highest BCUT2D eigenvalue weighted by Gasteiger charge is 2.18. The molecule has 0 bridgehead atoms. The van der Waals surface area contributed by atoms with E-state index in [2.05, 4.69) is 10.6 Å². The molecular weight excluding hydrogens is 278 g/mol. The average molecular weight is 303 g/mol. The van der Waals surface area contributed by atoms with Crippen LogP contribution in [0.1, 0.15) is 18.9 Å². The molecule has 6 heteroatoms. The van der Waals surface area contributed by atoms with E-state index in [1.807, 2.05) is 31.2 Å². The Labute approximate surface area is 131 Å². The van der Waals surface area contributed by atoms with E-state index >= 15 is 0 Å². The van der Waals surface area contributed by atoms with Crippen LogP contribution in [0.3, 0.4) is 0 Å². The van der Waals surface area contributed by atoms with Crippen LogP contribution in [0.2, 0.25) is 0 Å². The number of nitrogens with zero attached hydrogens (tertiary/aromatic N) is 1. The van der Waals surface area contributed by atoms with Crippen molar-refractivity contribution in [3.8, 4) is 0 Å². The number of hydrogen-bond donors (Lipinski definition) is 4. The lowest BCUT2D eigenvalue weighted by Crippen LogP contribution is -2.38. The predicted molar refractivity (Wildman–Crippen MR) is 92.0 cm³/mol. The molecule has 120 valence electrons. The second-order valence-electron chi connectivity index (χ2n) is 5.30. The number of carbonyl (C=O) groups is 1. The van der Waals surface area contributed by atoms with Gasteiger partial charge in [-0.25, -0.2) is 4.79 Å². The largest absolute Gasteiger partial charge is 0.384 e. The van der Waals surface area contributed by atoms with Gasteiger partial charge in [0, 0.05) is 49.7 Å². The van der Waals surface area contributed by atoms with Gasteiger partial charge in [0.1, 0.15) is 0 Å². The standard InChI is InChI=1S/C16H25N5O/c1-3-21(16(22)19-2)13-4-5-15-14(9-13)11(6-7-20-15)8-12(18)10-17/h4-5,8-9,12,20H,3,6-7,10,17-18H2,1-2H3,(H,19,22)/b11-8+. The van der Waals surface area contributed by atoms with Gasteiger partial charge in [-0.05, 0) is 37.1 Å². The van der Waals surface area contributed by atoms with Gasteiger partial charge < -0.3 is 22.1 Å². The van der Waals surface area contributed by atoms with Crippen LogP contribution < -0.4 is 27.0 Å². The average Bonchev–Trinajstić information content (AvgIpc) is 2.55. The van der Waals surface area contributed by atoms with Crippen LogP contribution in [-0.2, 0) is 0 Å². The fourth-order valence-corrected chi connectivity index (χ4v) is 2.66. The summed E-state index contributed by atoms with van der Waals surface area (Å²) in [7, 11) is 1.64. The van der Waals surface area contributed by atoms with E-state index in [9.17, 15) is 4.79 Å². The Kier molecular flexibility index (Phi) is 5.41. The molecule has 0 aliphatic carbocycles. The van der Waals surface area contributed by atoms with E-state index < -0.39 is 0 Å². The smallest absolute Gasteiger partial charge is 0.321 e. The van der Waals surface area contributed by atoms with Gasteiger partial charge in [0.15, 0.2) is 0 Å². The van der Waals surface area contributed by atoms with Gasteiger partial charge in [0.05, 0.1) is 0 Å². The first kappa shape index (κ1) is 16.3. The first-order chi connectivity index (χ1) is 10.6. The second-order valence-corrected chi connectivity index (χ2v) is 5.30. The molecule has 1 aromatic carbocycles. The predicted octanol–water partition coefficient (Wildman–Crippen LogP) is 1.34. The fourth-order valence-electron chi connectivity index (χ4n) is 2.66. The van der Waals surface area contributed by atoms with Crippen LogP contribution >= 0.6 is 0 Å². The second kappa shape index (κ2) is 7.29. The van der Waals surface area contributed by atoms with Gasteiger partial charge in [0.25, 0.3) is 0 Å². The zero-order chi connectivity index (χ0) is 16.1. The maximum absolute atomic E-state index is 12.0. The number of rotatable bonds is 4. The number of hydrogen-bond acceptors (Lipinski definition) is 4. The van der Waals surface area contributed by atoms with Crippen molar-refractivity contribution in [1.82, 2.24) is 5.32 Å². The van der Waals surface area contributed by atoms with Crippen molar-refractivity contribution in [2.45, 2.75) is 19.4 Å². The monoisotopic (exact) mass is 303 g/mol. The van der Waals surface area contributed by atoms with E-state index in [0.29, 0.717) is 13.1 Å². The lowest BCUT2D eigenvalue weighted by molar-refractivity contribution is 0.248. The summed E-state index contributed by atoms with van der Waals surface area (Å²) in [4.78, 5) is 13.7.